The number of aromatic nitrogens is 2. The Kier molecular flexibility index (Phi) is 5.29. The molecule has 1 saturated heterocycles. The molecule has 2 heterocycles. The zero-order chi connectivity index (χ0) is 6.81. The molecular weight excluding hydrogens is 197 g/mol. The molecule has 12 heavy (non-hydrogen) atoms. The van der Waals surface area contributed by atoms with Crippen LogP contribution in [0.15, 0.2) is 12.4 Å². The lowest BCUT2D eigenvalue weighted by atomic mass is 10.0. The van der Waals surface area contributed by atoms with Crippen LogP contribution in [0.3, 0.4) is 0 Å². The molecule has 1 atom stereocenters. The first-order valence-corrected chi connectivity index (χ1v) is 3.66. The van der Waals surface area contributed by atoms with Crippen molar-refractivity contribution in [3.8, 4) is 0 Å². The summed E-state index contributed by atoms with van der Waals surface area (Å²) in [6, 6.07) is 0. The third-order valence-corrected chi connectivity index (χ3v) is 2.05. The summed E-state index contributed by atoms with van der Waals surface area (Å²) in [5.41, 5.74) is 1.34. The summed E-state index contributed by atoms with van der Waals surface area (Å²) < 4.78 is 0. The average molecular weight is 210 g/mol. The van der Waals surface area contributed by atoms with Crippen LogP contribution in [0, 0.1) is 0 Å². The normalized spacial score (nSPS) is 21.2. The zero-order valence-electron chi connectivity index (χ0n) is 6.62. The van der Waals surface area contributed by atoms with Crippen LogP contribution < -0.4 is 5.32 Å². The highest BCUT2D eigenvalue weighted by Crippen LogP contribution is 2.19. The zero-order valence-corrected chi connectivity index (χ0v) is 8.25. The molecule has 1 aromatic rings. The molecule has 0 radical (unpaired) electrons. The Bertz CT molecular complexity index is 194. The van der Waals surface area contributed by atoms with Gasteiger partial charge in [0.15, 0.2) is 0 Å². The van der Waals surface area contributed by atoms with Crippen LogP contribution in [0.25, 0.3) is 0 Å². The fraction of sp³-hybridized carbons (Fsp3) is 0.571. The Morgan fingerprint density at radius 2 is 2.25 bits per heavy atom. The molecule has 0 bridgehead atoms. The molecule has 0 spiro atoms. The van der Waals surface area contributed by atoms with Crippen molar-refractivity contribution in [2.24, 2.45) is 0 Å². The molecule has 0 aromatic carbocycles. The van der Waals surface area contributed by atoms with Crippen molar-refractivity contribution in [2.75, 3.05) is 13.1 Å². The van der Waals surface area contributed by atoms with E-state index in [2.05, 4.69) is 15.5 Å². The van der Waals surface area contributed by atoms with E-state index in [4.69, 9.17) is 0 Å². The van der Waals surface area contributed by atoms with Gasteiger partial charge in [0.2, 0.25) is 0 Å². The minimum atomic E-state index is 0. The molecule has 0 amide bonds. The van der Waals surface area contributed by atoms with Crippen LogP contribution in [0.2, 0.25) is 0 Å². The van der Waals surface area contributed by atoms with Gasteiger partial charge in [-0.15, -0.1) is 24.8 Å². The second-order valence-corrected chi connectivity index (χ2v) is 2.72. The summed E-state index contributed by atoms with van der Waals surface area (Å²) in [5, 5.41) is 10.1. The van der Waals surface area contributed by atoms with Gasteiger partial charge in [-0.3, -0.25) is 5.10 Å². The molecule has 1 aliphatic rings. The molecule has 1 aromatic heterocycles. The van der Waals surface area contributed by atoms with E-state index in [1.165, 1.54) is 12.0 Å². The van der Waals surface area contributed by atoms with E-state index in [9.17, 15) is 0 Å². The summed E-state index contributed by atoms with van der Waals surface area (Å²) >= 11 is 0. The first kappa shape index (κ1) is 11.8. The number of nitrogens with one attached hydrogen (secondary N) is 2. The van der Waals surface area contributed by atoms with Gasteiger partial charge < -0.3 is 5.32 Å². The number of hydrogen-bond acceptors (Lipinski definition) is 2. The lowest BCUT2D eigenvalue weighted by Crippen LogP contribution is -2.07. The fourth-order valence-electron chi connectivity index (χ4n) is 1.42. The summed E-state index contributed by atoms with van der Waals surface area (Å²) in [7, 11) is 0. The number of hydrogen-bond donors (Lipinski definition) is 2. The summed E-state index contributed by atoms with van der Waals surface area (Å²) in [6.07, 6.45) is 5.15. The standard InChI is InChI=1S/C7H11N3.2ClH/c1-2-8-3-6(1)7-4-9-10-5-7;;/h4-6,8H,1-3H2,(H,9,10);2*1H. The van der Waals surface area contributed by atoms with Gasteiger partial charge in [0.1, 0.15) is 0 Å². The number of aromatic amines is 1. The van der Waals surface area contributed by atoms with E-state index >= 15 is 0 Å². The number of rotatable bonds is 1. The van der Waals surface area contributed by atoms with Gasteiger partial charge in [-0.25, -0.2) is 0 Å². The Balaban J connectivity index is 0.000000605. The number of H-pyrrole nitrogens is 1. The van der Waals surface area contributed by atoms with E-state index < -0.39 is 0 Å². The Hall–Kier alpha value is -0.250. The fourth-order valence-corrected chi connectivity index (χ4v) is 1.42. The van der Waals surface area contributed by atoms with Gasteiger partial charge >= 0.3 is 0 Å². The minimum Gasteiger partial charge on any atom is -0.316 e. The molecule has 5 heteroatoms. The van der Waals surface area contributed by atoms with Crippen molar-refractivity contribution in [3.63, 3.8) is 0 Å². The SMILES string of the molecule is Cl.Cl.c1n[nH]cc1C1CCNC1. The van der Waals surface area contributed by atoms with Crippen LogP contribution in [0.5, 0.6) is 0 Å². The molecule has 1 fully saturated rings. The summed E-state index contributed by atoms with van der Waals surface area (Å²) in [5.74, 6) is 0.693. The third-order valence-electron chi connectivity index (χ3n) is 2.05. The largest absolute Gasteiger partial charge is 0.316 e. The second kappa shape index (κ2) is 5.41. The number of halogens is 2. The lowest BCUT2D eigenvalue weighted by Gasteiger charge is -2.01. The lowest BCUT2D eigenvalue weighted by molar-refractivity contribution is 0.764. The Labute approximate surface area is 84.1 Å². The van der Waals surface area contributed by atoms with Gasteiger partial charge in [-0.1, -0.05) is 0 Å². The maximum absolute atomic E-state index is 3.91. The van der Waals surface area contributed by atoms with Crippen LogP contribution in [-0.2, 0) is 0 Å². The van der Waals surface area contributed by atoms with E-state index in [0.717, 1.165) is 13.1 Å². The maximum atomic E-state index is 3.91. The maximum Gasteiger partial charge on any atom is 0.0522 e. The van der Waals surface area contributed by atoms with Crippen LogP contribution >= 0.6 is 24.8 Å². The van der Waals surface area contributed by atoms with Gasteiger partial charge in [-0.2, -0.15) is 5.10 Å². The van der Waals surface area contributed by atoms with Crippen molar-refractivity contribution in [2.45, 2.75) is 12.3 Å². The van der Waals surface area contributed by atoms with E-state index in [0.29, 0.717) is 5.92 Å². The van der Waals surface area contributed by atoms with E-state index in [-0.39, 0.29) is 24.8 Å². The average Bonchev–Trinajstić information content (AvgIpc) is 2.59. The van der Waals surface area contributed by atoms with Crippen LogP contribution in [0.4, 0.5) is 0 Å². The smallest absolute Gasteiger partial charge is 0.0522 e. The molecule has 0 saturated carbocycles. The van der Waals surface area contributed by atoms with Gasteiger partial charge in [0.05, 0.1) is 6.20 Å². The summed E-state index contributed by atoms with van der Waals surface area (Å²) in [4.78, 5) is 0. The van der Waals surface area contributed by atoms with E-state index in [1.807, 2.05) is 12.4 Å². The Morgan fingerprint density at radius 3 is 2.75 bits per heavy atom. The van der Waals surface area contributed by atoms with Crippen molar-refractivity contribution in [1.82, 2.24) is 15.5 Å². The summed E-state index contributed by atoms with van der Waals surface area (Å²) in [6.45, 7) is 2.26. The van der Waals surface area contributed by atoms with Crippen molar-refractivity contribution in [3.05, 3.63) is 18.0 Å². The second-order valence-electron chi connectivity index (χ2n) is 2.72. The van der Waals surface area contributed by atoms with Crippen LogP contribution in [-0.4, -0.2) is 23.3 Å². The molecule has 2 rings (SSSR count). The molecule has 3 nitrogen and oxygen atoms in total. The quantitative estimate of drug-likeness (QED) is 0.734. The molecule has 1 unspecified atom stereocenters. The van der Waals surface area contributed by atoms with Gasteiger partial charge in [-0.05, 0) is 18.5 Å². The van der Waals surface area contributed by atoms with Crippen molar-refractivity contribution >= 4 is 24.8 Å². The highest BCUT2D eigenvalue weighted by atomic mass is 35.5. The molecule has 1 aliphatic heterocycles. The molecular formula is C7H13Cl2N3. The van der Waals surface area contributed by atoms with Gasteiger partial charge in [0.25, 0.3) is 0 Å². The molecule has 0 aliphatic carbocycles. The van der Waals surface area contributed by atoms with Crippen LogP contribution in [0.1, 0.15) is 17.9 Å². The predicted molar refractivity (Wildman–Crippen MR) is 53.3 cm³/mol. The molecule has 70 valence electrons. The Morgan fingerprint density at radius 1 is 1.42 bits per heavy atom. The first-order chi connectivity index (χ1) is 4.97. The monoisotopic (exact) mass is 209 g/mol. The van der Waals surface area contributed by atoms with Crippen molar-refractivity contribution < 1.29 is 0 Å². The third kappa shape index (κ3) is 2.37. The van der Waals surface area contributed by atoms with Crippen molar-refractivity contribution in [1.29, 1.82) is 0 Å². The number of nitrogens with zero attached hydrogens (tertiary/aromatic N) is 1. The van der Waals surface area contributed by atoms with E-state index in [1.54, 1.807) is 0 Å². The minimum absolute atomic E-state index is 0. The predicted octanol–water partition coefficient (Wildman–Crippen LogP) is 1.33. The van der Waals surface area contributed by atoms with Gasteiger partial charge in [0, 0.05) is 18.7 Å². The highest BCUT2D eigenvalue weighted by molar-refractivity contribution is 5.85. The highest BCUT2D eigenvalue weighted by Gasteiger charge is 2.16. The molecule has 2 N–H and O–H groups in total. The topological polar surface area (TPSA) is 40.7 Å². The first-order valence-electron chi connectivity index (χ1n) is 3.66.